The Morgan fingerprint density at radius 1 is 1.52 bits per heavy atom. The maximum atomic E-state index is 5.33. The predicted octanol–water partition coefficient (Wildman–Crippen LogP) is 1.29. The van der Waals surface area contributed by atoms with Crippen molar-refractivity contribution in [3.8, 4) is 0 Å². The third kappa shape index (κ3) is 4.05. The molecule has 2 aliphatic heterocycles. The van der Waals surface area contributed by atoms with E-state index in [0.29, 0.717) is 5.92 Å². The maximum absolute atomic E-state index is 5.33. The average Bonchev–Trinajstić information content (AvgIpc) is 3.11. The van der Waals surface area contributed by atoms with Crippen molar-refractivity contribution in [1.29, 1.82) is 0 Å². The van der Waals surface area contributed by atoms with Gasteiger partial charge in [-0.1, -0.05) is 6.92 Å². The van der Waals surface area contributed by atoms with Gasteiger partial charge in [-0.25, -0.2) is 0 Å². The minimum Gasteiger partial charge on any atom is -0.380 e. The van der Waals surface area contributed by atoms with Gasteiger partial charge in [0.25, 0.3) is 0 Å². The zero-order valence-electron chi connectivity index (χ0n) is 14.6. The van der Waals surface area contributed by atoms with Crippen LogP contribution >= 0.6 is 0 Å². The molecule has 0 amide bonds. The number of hydrogen-bond acceptors (Lipinski definition) is 3. The van der Waals surface area contributed by atoms with Crippen molar-refractivity contribution in [3.63, 3.8) is 0 Å². The van der Waals surface area contributed by atoms with E-state index in [1.165, 1.54) is 12.0 Å². The molecule has 0 radical (unpaired) electrons. The van der Waals surface area contributed by atoms with Gasteiger partial charge in [-0.15, -0.1) is 0 Å². The maximum Gasteiger partial charge on any atom is 0.193 e. The summed E-state index contributed by atoms with van der Waals surface area (Å²) < 4.78 is 7.21. The molecule has 1 unspecified atom stereocenters. The van der Waals surface area contributed by atoms with Gasteiger partial charge in [0.15, 0.2) is 5.96 Å². The van der Waals surface area contributed by atoms with Crippen LogP contribution in [0.15, 0.2) is 17.4 Å². The summed E-state index contributed by atoms with van der Waals surface area (Å²) in [5.74, 6) is 1.75. The zero-order valence-corrected chi connectivity index (χ0v) is 14.6. The summed E-state index contributed by atoms with van der Waals surface area (Å²) >= 11 is 0. The number of rotatable bonds is 5. The monoisotopic (exact) mass is 319 g/mol. The molecule has 3 heterocycles. The van der Waals surface area contributed by atoms with Gasteiger partial charge < -0.3 is 15.0 Å². The van der Waals surface area contributed by atoms with Gasteiger partial charge in [0.2, 0.25) is 0 Å². The van der Waals surface area contributed by atoms with E-state index in [1.54, 1.807) is 0 Å². The first-order chi connectivity index (χ1) is 11.1. The van der Waals surface area contributed by atoms with Crippen LogP contribution < -0.4 is 5.32 Å². The van der Waals surface area contributed by atoms with Gasteiger partial charge in [-0.2, -0.15) is 5.10 Å². The summed E-state index contributed by atoms with van der Waals surface area (Å²) in [5, 5.41) is 7.72. The van der Waals surface area contributed by atoms with Gasteiger partial charge in [0, 0.05) is 38.3 Å². The second-order valence-electron chi connectivity index (χ2n) is 7.30. The summed E-state index contributed by atoms with van der Waals surface area (Å²) in [6, 6.07) is 0. The molecule has 23 heavy (non-hydrogen) atoms. The van der Waals surface area contributed by atoms with Crippen LogP contribution in [0.4, 0.5) is 0 Å². The van der Waals surface area contributed by atoms with Gasteiger partial charge >= 0.3 is 0 Å². The lowest BCUT2D eigenvalue weighted by molar-refractivity contribution is -0.0945. The van der Waals surface area contributed by atoms with Gasteiger partial charge in [0.05, 0.1) is 26.0 Å². The van der Waals surface area contributed by atoms with Crippen LogP contribution in [0.1, 0.15) is 25.8 Å². The smallest absolute Gasteiger partial charge is 0.193 e. The molecule has 2 fully saturated rings. The topological polar surface area (TPSA) is 54.7 Å². The Morgan fingerprint density at radius 3 is 2.96 bits per heavy atom. The number of aryl methyl sites for hydroxylation is 1. The molecule has 1 atom stereocenters. The Kier molecular flexibility index (Phi) is 4.90. The number of aromatic nitrogens is 2. The highest BCUT2D eigenvalue weighted by molar-refractivity contribution is 5.80. The lowest BCUT2D eigenvalue weighted by Crippen LogP contribution is -2.45. The summed E-state index contributed by atoms with van der Waals surface area (Å²) in [4.78, 5) is 7.28. The minimum absolute atomic E-state index is 0.232. The van der Waals surface area contributed by atoms with Crippen LogP contribution in [0.25, 0.3) is 0 Å². The van der Waals surface area contributed by atoms with Gasteiger partial charge in [-0.05, 0) is 31.2 Å². The van der Waals surface area contributed by atoms with Crippen molar-refractivity contribution < 1.29 is 4.74 Å². The molecule has 0 aliphatic carbocycles. The largest absolute Gasteiger partial charge is 0.380 e. The molecule has 0 bridgehead atoms. The van der Waals surface area contributed by atoms with Crippen molar-refractivity contribution >= 4 is 5.96 Å². The number of nitrogens with one attached hydrogen (secondary N) is 1. The third-order valence-electron chi connectivity index (χ3n) is 4.71. The highest BCUT2D eigenvalue weighted by atomic mass is 16.5. The van der Waals surface area contributed by atoms with Crippen molar-refractivity contribution in [2.24, 2.45) is 23.4 Å². The Morgan fingerprint density at radius 2 is 2.35 bits per heavy atom. The zero-order chi connectivity index (χ0) is 16.3. The molecule has 0 spiro atoms. The minimum atomic E-state index is 0.232. The fraction of sp³-hybridized carbons (Fsp3) is 0.765. The number of hydrogen-bond donors (Lipinski definition) is 1. The number of aliphatic imine (C=N–C) groups is 1. The summed E-state index contributed by atoms with van der Waals surface area (Å²) in [5.41, 5.74) is 1.57. The molecule has 3 rings (SSSR count). The molecular formula is C17H29N5O. The molecule has 2 saturated heterocycles. The van der Waals surface area contributed by atoms with Crippen LogP contribution in [0, 0.1) is 11.3 Å². The fourth-order valence-electron chi connectivity index (χ4n) is 3.34. The van der Waals surface area contributed by atoms with E-state index < -0.39 is 0 Å². The van der Waals surface area contributed by atoms with Crippen LogP contribution in [0.2, 0.25) is 0 Å². The molecule has 128 valence electrons. The number of ether oxygens (including phenoxy) is 1. The first-order valence-electron chi connectivity index (χ1n) is 8.66. The van der Waals surface area contributed by atoms with Crippen molar-refractivity contribution in [1.82, 2.24) is 20.0 Å². The molecule has 1 aromatic rings. The second kappa shape index (κ2) is 6.91. The highest BCUT2D eigenvalue weighted by Gasteiger charge is 2.33. The average molecular weight is 319 g/mol. The molecule has 0 saturated carbocycles. The van der Waals surface area contributed by atoms with E-state index in [0.717, 1.165) is 51.8 Å². The summed E-state index contributed by atoms with van der Waals surface area (Å²) in [7, 11) is 1.98. The Bertz CT molecular complexity index is 549. The Balaban J connectivity index is 1.56. The molecule has 0 aromatic carbocycles. The van der Waals surface area contributed by atoms with Crippen molar-refractivity contribution in [3.05, 3.63) is 18.0 Å². The van der Waals surface area contributed by atoms with Crippen LogP contribution in [-0.4, -0.2) is 60.0 Å². The van der Waals surface area contributed by atoms with Gasteiger partial charge in [0.1, 0.15) is 0 Å². The van der Waals surface area contributed by atoms with Crippen molar-refractivity contribution in [2.45, 2.75) is 26.7 Å². The molecule has 1 N–H and O–H groups in total. The third-order valence-corrected chi connectivity index (χ3v) is 4.71. The quantitative estimate of drug-likeness (QED) is 0.656. The first-order valence-corrected chi connectivity index (χ1v) is 8.66. The van der Waals surface area contributed by atoms with Crippen LogP contribution in [0.3, 0.4) is 0 Å². The van der Waals surface area contributed by atoms with E-state index in [-0.39, 0.29) is 5.41 Å². The van der Waals surface area contributed by atoms with E-state index in [1.807, 2.05) is 17.9 Å². The van der Waals surface area contributed by atoms with Crippen LogP contribution in [-0.2, 0) is 18.2 Å². The lowest BCUT2D eigenvalue weighted by atomic mass is 9.89. The first kappa shape index (κ1) is 16.3. The Hall–Kier alpha value is -1.56. The Labute approximate surface area is 138 Å². The predicted molar refractivity (Wildman–Crippen MR) is 91.5 cm³/mol. The number of likely N-dealkylation sites (tertiary alicyclic amines) is 1. The molecule has 6 heteroatoms. The molecule has 6 nitrogen and oxygen atoms in total. The standard InChI is InChI=1S/C17H29N5O/c1-4-18-16(19-11-17(2)12-23-13-17)22-6-5-14(10-22)7-15-8-20-21(3)9-15/h8-9,14H,4-7,10-13H2,1-3H3,(H,18,19). The fourth-order valence-corrected chi connectivity index (χ4v) is 3.34. The summed E-state index contributed by atoms with van der Waals surface area (Å²) in [6.07, 6.45) is 6.44. The molecule has 1 aromatic heterocycles. The van der Waals surface area contributed by atoms with Gasteiger partial charge in [-0.3, -0.25) is 9.67 Å². The molecule has 2 aliphatic rings. The van der Waals surface area contributed by atoms with Crippen molar-refractivity contribution in [2.75, 3.05) is 39.4 Å². The SMILES string of the molecule is CCNC(=NCC1(C)COC1)N1CCC(Cc2cnn(C)c2)C1. The van der Waals surface area contributed by atoms with E-state index in [9.17, 15) is 0 Å². The lowest BCUT2D eigenvalue weighted by Gasteiger charge is -2.37. The number of nitrogens with zero attached hydrogens (tertiary/aromatic N) is 4. The second-order valence-corrected chi connectivity index (χ2v) is 7.30. The summed E-state index contributed by atoms with van der Waals surface area (Å²) in [6.45, 7) is 9.97. The normalized spacial score (nSPS) is 23.9. The highest BCUT2D eigenvalue weighted by Crippen LogP contribution is 2.27. The van der Waals surface area contributed by atoms with E-state index >= 15 is 0 Å². The number of guanidine groups is 1. The molecular weight excluding hydrogens is 290 g/mol. The van der Waals surface area contributed by atoms with E-state index in [2.05, 4.69) is 35.4 Å². The van der Waals surface area contributed by atoms with E-state index in [4.69, 9.17) is 9.73 Å². The van der Waals surface area contributed by atoms with Crippen LogP contribution in [0.5, 0.6) is 0 Å².